The summed E-state index contributed by atoms with van der Waals surface area (Å²) in [4.78, 5) is 8.50. The van der Waals surface area contributed by atoms with Gasteiger partial charge in [0.15, 0.2) is 0 Å². The second-order valence-corrected chi connectivity index (χ2v) is 4.10. The number of hydrogen-bond acceptors (Lipinski definition) is 4. The number of nitrogens with one attached hydrogen (secondary N) is 1. The smallest absolute Gasteiger partial charge is 0.131 e. The first kappa shape index (κ1) is 12.4. The highest BCUT2D eigenvalue weighted by Crippen LogP contribution is 2.12. The first-order chi connectivity index (χ1) is 7.15. The van der Waals surface area contributed by atoms with E-state index < -0.39 is 0 Å². The fraction of sp³-hybridized carbons (Fsp3) is 0.600. The summed E-state index contributed by atoms with van der Waals surface area (Å²) in [6.07, 6.45) is 1.20. The van der Waals surface area contributed by atoms with Gasteiger partial charge in [0.25, 0.3) is 0 Å². The van der Waals surface area contributed by atoms with Crippen LogP contribution in [-0.2, 0) is 6.42 Å². The van der Waals surface area contributed by atoms with Crippen LogP contribution in [0.4, 0.5) is 5.82 Å². The number of rotatable bonds is 5. The zero-order chi connectivity index (χ0) is 11.3. The molecule has 0 aliphatic rings. The van der Waals surface area contributed by atoms with E-state index >= 15 is 0 Å². The van der Waals surface area contributed by atoms with E-state index in [0.29, 0.717) is 6.54 Å². The maximum absolute atomic E-state index is 9.40. The molecule has 1 rings (SSSR count). The molecule has 1 unspecified atom stereocenters. The van der Waals surface area contributed by atoms with Crippen molar-refractivity contribution >= 4 is 21.7 Å². The second-order valence-electron chi connectivity index (χ2n) is 3.29. The Labute approximate surface area is 98.3 Å². The third kappa shape index (κ3) is 4.13. The molecule has 0 aromatic carbocycles. The van der Waals surface area contributed by atoms with Crippen molar-refractivity contribution in [3.8, 4) is 0 Å². The molecule has 0 amide bonds. The van der Waals surface area contributed by atoms with Crippen LogP contribution in [0.2, 0.25) is 0 Å². The highest BCUT2D eigenvalue weighted by atomic mass is 79.9. The van der Waals surface area contributed by atoms with E-state index in [1.807, 2.05) is 19.9 Å². The van der Waals surface area contributed by atoms with Gasteiger partial charge in [0.2, 0.25) is 0 Å². The van der Waals surface area contributed by atoms with Gasteiger partial charge in [0.05, 0.1) is 6.10 Å². The Morgan fingerprint density at radius 3 is 2.80 bits per heavy atom. The van der Waals surface area contributed by atoms with Gasteiger partial charge in [-0.1, -0.05) is 13.8 Å². The normalized spacial score (nSPS) is 12.5. The lowest BCUT2D eigenvalue weighted by Crippen LogP contribution is -2.19. The predicted octanol–water partition coefficient (Wildman–Crippen LogP) is 1.98. The number of aliphatic hydroxyl groups excluding tert-OH is 1. The Bertz CT molecular complexity index is 320. The molecule has 0 bridgehead atoms. The van der Waals surface area contributed by atoms with Crippen molar-refractivity contribution < 1.29 is 5.11 Å². The van der Waals surface area contributed by atoms with Crippen LogP contribution in [-0.4, -0.2) is 27.7 Å². The lowest BCUT2D eigenvalue weighted by atomic mass is 10.3. The minimum Gasteiger partial charge on any atom is -0.391 e. The fourth-order valence-corrected chi connectivity index (χ4v) is 1.50. The number of nitrogens with zero attached hydrogens (tertiary/aromatic N) is 2. The van der Waals surface area contributed by atoms with Gasteiger partial charge in [-0.3, -0.25) is 0 Å². The third-order valence-corrected chi connectivity index (χ3v) is 2.45. The van der Waals surface area contributed by atoms with Crippen LogP contribution >= 0.6 is 15.9 Å². The average Bonchev–Trinajstić information content (AvgIpc) is 2.25. The monoisotopic (exact) mass is 273 g/mol. The van der Waals surface area contributed by atoms with Crippen LogP contribution in [0.25, 0.3) is 0 Å². The van der Waals surface area contributed by atoms with Gasteiger partial charge in [0.1, 0.15) is 16.2 Å². The molecule has 4 nitrogen and oxygen atoms in total. The minimum absolute atomic E-state index is 0.330. The molecule has 1 heterocycles. The van der Waals surface area contributed by atoms with E-state index in [0.717, 1.165) is 29.1 Å². The van der Waals surface area contributed by atoms with Gasteiger partial charge >= 0.3 is 0 Å². The summed E-state index contributed by atoms with van der Waals surface area (Å²) < 4.78 is 0.767. The summed E-state index contributed by atoms with van der Waals surface area (Å²) in [7, 11) is 0. The molecule has 2 N–H and O–H groups in total. The van der Waals surface area contributed by atoms with Crippen molar-refractivity contribution in [3.63, 3.8) is 0 Å². The standard InChI is InChI=1S/C10H16BrN3O/c1-3-7(15)6-12-10-5-8(11)13-9(4-2)14-10/h5,7,15H,3-4,6H2,1-2H3,(H,12,13,14). The topological polar surface area (TPSA) is 58.0 Å². The third-order valence-electron chi connectivity index (χ3n) is 2.05. The van der Waals surface area contributed by atoms with Crippen LogP contribution < -0.4 is 5.32 Å². The SMILES string of the molecule is CCc1nc(Br)cc(NCC(O)CC)n1. The molecule has 1 atom stereocenters. The summed E-state index contributed by atoms with van der Waals surface area (Å²) in [6.45, 7) is 4.47. The number of halogens is 1. The summed E-state index contributed by atoms with van der Waals surface area (Å²) >= 11 is 3.32. The number of hydrogen-bond donors (Lipinski definition) is 2. The second kappa shape index (κ2) is 6.02. The van der Waals surface area contributed by atoms with Gasteiger partial charge in [-0.15, -0.1) is 0 Å². The number of aryl methyl sites for hydroxylation is 1. The van der Waals surface area contributed by atoms with Gasteiger partial charge in [-0.25, -0.2) is 9.97 Å². The zero-order valence-electron chi connectivity index (χ0n) is 9.00. The van der Waals surface area contributed by atoms with E-state index in [1.165, 1.54) is 0 Å². The molecule has 0 saturated heterocycles. The van der Waals surface area contributed by atoms with Crippen LogP contribution in [0.1, 0.15) is 26.1 Å². The van der Waals surface area contributed by atoms with E-state index in [-0.39, 0.29) is 6.10 Å². The summed E-state index contributed by atoms with van der Waals surface area (Å²) in [5.41, 5.74) is 0. The molecule has 0 spiro atoms. The lowest BCUT2D eigenvalue weighted by Gasteiger charge is -2.10. The van der Waals surface area contributed by atoms with Crippen molar-refractivity contribution in [2.75, 3.05) is 11.9 Å². The molecule has 5 heteroatoms. The minimum atomic E-state index is -0.330. The lowest BCUT2D eigenvalue weighted by molar-refractivity contribution is 0.183. The summed E-state index contributed by atoms with van der Waals surface area (Å²) in [6, 6.07) is 1.81. The molecule has 0 fully saturated rings. The van der Waals surface area contributed by atoms with Gasteiger partial charge in [0, 0.05) is 19.0 Å². The van der Waals surface area contributed by atoms with Gasteiger partial charge in [-0.2, -0.15) is 0 Å². The Balaban J connectivity index is 2.64. The average molecular weight is 274 g/mol. The van der Waals surface area contributed by atoms with E-state index in [1.54, 1.807) is 0 Å². The van der Waals surface area contributed by atoms with Crippen LogP contribution in [0.3, 0.4) is 0 Å². The number of anilines is 1. The zero-order valence-corrected chi connectivity index (χ0v) is 10.6. The molecule has 0 aliphatic heterocycles. The van der Waals surface area contributed by atoms with Crippen molar-refractivity contribution in [1.29, 1.82) is 0 Å². The van der Waals surface area contributed by atoms with Gasteiger partial charge < -0.3 is 10.4 Å². The maximum atomic E-state index is 9.40. The Hall–Kier alpha value is -0.680. The molecule has 0 aliphatic carbocycles. The van der Waals surface area contributed by atoms with E-state index in [9.17, 15) is 5.11 Å². The van der Waals surface area contributed by atoms with E-state index in [2.05, 4.69) is 31.2 Å². The number of aliphatic hydroxyl groups is 1. The Morgan fingerprint density at radius 2 is 2.20 bits per heavy atom. The molecule has 84 valence electrons. The Morgan fingerprint density at radius 1 is 1.47 bits per heavy atom. The summed E-state index contributed by atoms with van der Waals surface area (Å²) in [5.74, 6) is 1.54. The quantitative estimate of drug-likeness (QED) is 0.806. The fourth-order valence-electron chi connectivity index (χ4n) is 1.08. The van der Waals surface area contributed by atoms with Crippen molar-refractivity contribution in [2.45, 2.75) is 32.8 Å². The van der Waals surface area contributed by atoms with Crippen molar-refractivity contribution in [3.05, 3.63) is 16.5 Å². The predicted molar refractivity (Wildman–Crippen MR) is 63.9 cm³/mol. The van der Waals surface area contributed by atoms with Crippen molar-refractivity contribution in [2.24, 2.45) is 0 Å². The van der Waals surface area contributed by atoms with Crippen molar-refractivity contribution in [1.82, 2.24) is 9.97 Å². The molecular formula is C10H16BrN3O. The van der Waals surface area contributed by atoms with Crippen LogP contribution in [0.15, 0.2) is 10.7 Å². The first-order valence-corrected chi connectivity index (χ1v) is 5.90. The molecule has 15 heavy (non-hydrogen) atoms. The first-order valence-electron chi connectivity index (χ1n) is 5.11. The molecule has 1 aromatic rings. The number of aromatic nitrogens is 2. The van der Waals surface area contributed by atoms with E-state index in [4.69, 9.17) is 0 Å². The molecule has 0 saturated carbocycles. The summed E-state index contributed by atoms with van der Waals surface area (Å²) in [5, 5.41) is 12.5. The molecule has 1 aromatic heterocycles. The molecular weight excluding hydrogens is 258 g/mol. The molecule has 0 radical (unpaired) electrons. The largest absolute Gasteiger partial charge is 0.391 e. The van der Waals surface area contributed by atoms with Gasteiger partial charge in [-0.05, 0) is 22.4 Å². The maximum Gasteiger partial charge on any atom is 0.131 e. The Kier molecular flexibility index (Phi) is 4.98. The van der Waals surface area contributed by atoms with Crippen LogP contribution in [0.5, 0.6) is 0 Å². The highest BCUT2D eigenvalue weighted by Gasteiger charge is 2.03. The highest BCUT2D eigenvalue weighted by molar-refractivity contribution is 9.10. The van der Waals surface area contributed by atoms with Crippen LogP contribution in [0, 0.1) is 0 Å².